The summed E-state index contributed by atoms with van der Waals surface area (Å²) in [7, 11) is 0. The molecule has 0 spiro atoms. The monoisotopic (exact) mass is 338 g/mol. The highest BCUT2D eigenvalue weighted by atomic mass is 19.4. The van der Waals surface area contributed by atoms with E-state index >= 15 is 0 Å². The molecule has 2 aromatic rings. The Morgan fingerprint density at radius 2 is 2.17 bits per heavy atom. The first-order valence-corrected chi connectivity index (χ1v) is 7.74. The van der Waals surface area contributed by atoms with Crippen LogP contribution in [0.2, 0.25) is 0 Å². The van der Waals surface area contributed by atoms with Gasteiger partial charge in [-0.3, -0.25) is 4.79 Å². The number of fused-ring (bicyclic) bond motifs is 1. The Kier molecular flexibility index (Phi) is 4.55. The van der Waals surface area contributed by atoms with E-state index in [0.29, 0.717) is 12.0 Å². The third-order valence-electron chi connectivity index (χ3n) is 4.11. The molecule has 1 amide bonds. The lowest BCUT2D eigenvalue weighted by Crippen LogP contribution is -2.36. The Balaban J connectivity index is 1.57. The quantitative estimate of drug-likeness (QED) is 0.935. The minimum Gasteiger partial charge on any atom is -0.353 e. The molecule has 1 unspecified atom stereocenters. The number of halogens is 3. The van der Waals surface area contributed by atoms with Crippen LogP contribution in [0.5, 0.6) is 0 Å². The second kappa shape index (κ2) is 6.62. The van der Waals surface area contributed by atoms with Crippen molar-refractivity contribution in [3.63, 3.8) is 0 Å². The van der Waals surface area contributed by atoms with Crippen molar-refractivity contribution in [1.29, 1.82) is 0 Å². The van der Waals surface area contributed by atoms with Gasteiger partial charge in [-0.05, 0) is 24.5 Å². The summed E-state index contributed by atoms with van der Waals surface area (Å²) in [6, 6.07) is 4.87. The molecule has 0 aliphatic carbocycles. The van der Waals surface area contributed by atoms with Crippen LogP contribution in [0.25, 0.3) is 0 Å². The fraction of sp³-hybridized carbons (Fsp3) is 0.438. The van der Waals surface area contributed by atoms with Gasteiger partial charge in [-0.2, -0.15) is 13.2 Å². The van der Waals surface area contributed by atoms with Crippen LogP contribution in [-0.2, 0) is 30.4 Å². The van der Waals surface area contributed by atoms with Crippen molar-refractivity contribution >= 4 is 5.91 Å². The highest BCUT2D eigenvalue weighted by molar-refractivity contribution is 5.78. The van der Waals surface area contributed by atoms with Crippen molar-refractivity contribution in [2.24, 2.45) is 0 Å². The average molecular weight is 338 g/mol. The fourth-order valence-electron chi connectivity index (χ4n) is 2.87. The van der Waals surface area contributed by atoms with Gasteiger partial charge in [0.05, 0.1) is 12.0 Å². The number of benzene rings is 1. The van der Waals surface area contributed by atoms with Crippen molar-refractivity contribution in [2.75, 3.05) is 0 Å². The van der Waals surface area contributed by atoms with E-state index in [2.05, 4.69) is 15.5 Å². The highest BCUT2D eigenvalue weighted by Crippen LogP contribution is 2.29. The van der Waals surface area contributed by atoms with Crippen molar-refractivity contribution < 1.29 is 18.0 Å². The largest absolute Gasteiger partial charge is 0.416 e. The molecule has 5 nitrogen and oxygen atoms in total. The SMILES string of the molecule is O=C(Cc1cccc(C(F)(F)F)c1)NC1CCc2nncn2CC1. The van der Waals surface area contributed by atoms with Crippen molar-refractivity contribution in [3.05, 3.63) is 47.5 Å². The van der Waals surface area contributed by atoms with Crippen LogP contribution < -0.4 is 5.32 Å². The van der Waals surface area contributed by atoms with Crippen LogP contribution in [0, 0.1) is 0 Å². The molecule has 1 aliphatic rings. The molecule has 1 aliphatic heterocycles. The summed E-state index contributed by atoms with van der Waals surface area (Å²) in [5.74, 6) is 0.626. The predicted molar refractivity (Wildman–Crippen MR) is 80.0 cm³/mol. The number of amides is 1. The number of carbonyl (C=O) groups excluding carboxylic acids is 1. The van der Waals surface area contributed by atoms with Gasteiger partial charge in [0.1, 0.15) is 12.2 Å². The smallest absolute Gasteiger partial charge is 0.353 e. The molecular weight excluding hydrogens is 321 g/mol. The molecule has 0 fully saturated rings. The van der Waals surface area contributed by atoms with Crippen LogP contribution >= 0.6 is 0 Å². The Morgan fingerprint density at radius 1 is 1.33 bits per heavy atom. The van der Waals surface area contributed by atoms with Crippen molar-refractivity contribution in [2.45, 2.75) is 44.4 Å². The van der Waals surface area contributed by atoms with E-state index in [1.54, 1.807) is 6.33 Å². The van der Waals surface area contributed by atoms with E-state index in [9.17, 15) is 18.0 Å². The molecule has 1 N–H and O–H groups in total. The lowest BCUT2D eigenvalue weighted by Gasteiger charge is -2.16. The van der Waals surface area contributed by atoms with Crippen LogP contribution in [0.3, 0.4) is 0 Å². The third-order valence-corrected chi connectivity index (χ3v) is 4.11. The molecule has 2 heterocycles. The summed E-state index contributed by atoms with van der Waals surface area (Å²) in [6.07, 6.45) is -0.585. The molecule has 1 aromatic heterocycles. The maximum absolute atomic E-state index is 12.7. The fourth-order valence-corrected chi connectivity index (χ4v) is 2.87. The zero-order chi connectivity index (χ0) is 17.2. The maximum atomic E-state index is 12.7. The standard InChI is InChI=1S/C16H17F3N4O/c17-16(18,19)12-3-1-2-11(8-12)9-15(24)21-13-4-5-14-22-20-10-23(14)7-6-13/h1-3,8,10,13H,4-7,9H2,(H,21,24). The molecule has 3 rings (SSSR count). The Morgan fingerprint density at radius 3 is 2.96 bits per heavy atom. The molecule has 128 valence electrons. The number of rotatable bonds is 3. The van der Waals surface area contributed by atoms with Gasteiger partial charge in [-0.25, -0.2) is 0 Å². The molecular formula is C16H17F3N4O. The van der Waals surface area contributed by atoms with E-state index in [1.165, 1.54) is 12.1 Å². The van der Waals surface area contributed by atoms with Crippen LogP contribution in [0.4, 0.5) is 13.2 Å². The van der Waals surface area contributed by atoms with Crippen LogP contribution in [-0.4, -0.2) is 26.7 Å². The maximum Gasteiger partial charge on any atom is 0.416 e. The lowest BCUT2D eigenvalue weighted by molar-refractivity contribution is -0.137. The van der Waals surface area contributed by atoms with Gasteiger partial charge >= 0.3 is 6.18 Å². The van der Waals surface area contributed by atoms with Gasteiger partial charge in [0.2, 0.25) is 5.91 Å². The van der Waals surface area contributed by atoms with Gasteiger partial charge in [-0.15, -0.1) is 10.2 Å². The number of carbonyl (C=O) groups is 1. The normalized spacial score (nSPS) is 17.9. The summed E-state index contributed by atoms with van der Waals surface area (Å²) in [5, 5.41) is 10.8. The second-order valence-electron chi connectivity index (χ2n) is 5.91. The number of nitrogens with zero attached hydrogens (tertiary/aromatic N) is 3. The zero-order valence-corrected chi connectivity index (χ0v) is 12.9. The van der Waals surface area contributed by atoms with E-state index in [0.717, 1.165) is 37.3 Å². The number of aromatic nitrogens is 3. The summed E-state index contributed by atoms with van der Waals surface area (Å²) in [5.41, 5.74) is -0.381. The molecule has 0 radical (unpaired) electrons. The first kappa shape index (κ1) is 16.5. The number of aryl methyl sites for hydroxylation is 2. The van der Waals surface area contributed by atoms with Crippen molar-refractivity contribution in [3.8, 4) is 0 Å². The number of nitrogens with one attached hydrogen (secondary N) is 1. The molecule has 0 saturated heterocycles. The minimum absolute atomic E-state index is 0.00926. The van der Waals surface area contributed by atoms with E-state index in [1.807, 2.05) is 4.57 Å². The second-order valence-corrected chi connectivity index (χ2v) is 5.91. The Labute approximate surface area is 136 Å². The lowest BCUT2D eigenvalue weighted by atomic mass is 10.1. The number of alkyl halides is 3. The van der Waals surface area contributed by atoms with E-state index < -0.39 is 11.7 Å². The number of hydrogen-bond acceptors (Lipinski definition) is 3. The molecule has 24 heavy (non-hydrogen) atoms. The zero-order valence-electron chi connectivity index (χ0n) is 12.9. The van der Waals surface area contributed by atoms with Gasteiger partial charge in [0.15, 0.2) is 0 Å². The summed E-state index contributed by atoms with van der Waals surface area (Å²) >= 11 is 0. The highest BCUT2D eigenvalue weighted by Gasteiger charge is 2.30. The average Bonchev–Trinajstić information content (AvgIpc) is 2.89. The number of hydrogen-bond donors (Lipinski definition) is 1. The van der Waals surface area contributed by atoms with Crippen LogP contribution in [0.15, 0.2) is 30.6 Å². The molecule has 0 saturated carbocycles. The van der Waals surface area contributed by atoms with E-state index in [4.69, 9.17) is 0 Å². The van der Waals surface area contributed by atoms with E-state index in [-0.39, 0.29) is 18.4 Å². The summed E-state index contributed by atoms with van der Waals surface area (Å²) in [6.45, 7) is 0.719. The molecule has 0 bridgehead atoms. The summed E-state index contributed by atoms with van der Waals surface area (Å²) < 4.78 is 40.1. The van der Waals surface area contributed by atoms with Gasteiger partial charge in [-0.1, -0.05) is 18.2 Å². The minimum atomic E-state index is -4.40. The van der Waals surface area contributed by atoms with Crippen LogP contribution in [0.1, 0.15) is 29.8 Å². The van der Waals surface area contributed by atoms with Gasteiger partial charge in [0, 0.05) is 19.0 Å². The predicted octanol–water partition coefficient (Wildman–Crippen LogP) is 2.36. The topological polar surface area (TPSA) is 59.8 Å². The third kappa shape index (κ3) is 3.93. The molecule has 1 atom stereocenters. The Bertz CT molecular complexity index is 704. The van der Waals surface area contributed by atoms with Crippen molar-refractivity contribution in [1.82, 2.24) is 20.1 Å². The molecule has 8 heteroatoms. The summed E-state index contributed by atoms with van der Waals surface area (Å²) in [4.78, 5) is 12.1. The Hall–Kier alpha value is -2.38. The molecule has 1 aromatic carbocycles. The van der Waals surface area contributed by atoms with Gasteiger partial charge < -0.3 is 9.88 Å². The first-order valence-electron chi connectivity index (χ1n) is 7.74. The van der Waals surface area contributed by atoms with Gasteiger partial charge in [0.25, 0.3) is 0 Å². The first-order chi connectivity index (χ1) is 11.4.